The van der Waals surface area contributed by atoms with Gasteiger partial charge in [-0.3, -0.25) is 0 Å². The van der Waals surface area contributed by atoms with Gasteiger partial charge in [0.25, 0.3) is 0 Å². The maximum absolute atomic E-state index is 11.9. The molecule has 132 valence electrons. The van der Waals surface area contributed by atoms with Gasteiger partial charge in [0.2, 0.25) is 0 Å². The van der Waals surface area contributed by atoms with Crippen LogP contribution in [0.25, 0.3) is 0 Å². The van der Waals surface area contributed by atoms with Crippen LogP contribution < -0.4 is 10.6 Å². The summed E-state index contributed by atoms with van der Waals surface area (Å²) in [5.74, 6) is 0.564. The van der Waals surface area contributed by atoms with E-state index < -0.39 is 0 Å². The molecule has 0 radical (unpaired) electrons. The van der Waals surface area contributed by atoms with Gasteiger partial charge in [0, 0.05) is 32.8 Å². The van der Waals surface area contributed by atoms with E-state index in [9.17, 15) is 4.79 Å². The van der Waals surface area contributed by atoms with Gasteiger partial charge in [0.1, 0.15) is 0 Å². The number of likely N-dealkylation sites (tertiary alicyclic amines) is 1. The molecule has 5 heteroatoms. The van der Waals surface area contributed by atoms with Crippen LogP contribution >= 0.6 is 0 Å². The van der Waals surface area contributed by atoms with E-state index in [0.29, 0.717) is 12.5 Å². The first-order valence-corrected chi connectivity index (χ1v) is 9.19. The van der Waals surface area contributed by atoms with Gasteiger partial charge in [0.15, 0.2) is 0 Å². The van der Waals surface area contributed by atoms with Gasteiger partial charge < -0.3 is 20.3 Å². The summed E-state index contributed by atoms with van der Waals surface area (Å²) in [7, 11) is 0. The molecule has 5 nitrogen and oxygen atoms in total. The summed E-state index contributed by atoms with van der Waals surface area (Å²) in [6.45, 7) is 5.54. The predicted molar refractivity (Wildman–Crippen MR) is 95.1 cm³/mol. The summed E-state index contributed by atoms with van der Waals surface area (Å²) in [5, 5.41) is 5.93. The molecule has 3 rings (SSSR count). The van der Waals surface area contributed by atoms with Gasteiger partial charge in [0.05, 0.1) is 6.10 Å². The first-order valence-electron chi connectivity index (χ1n) is 9.19. The van der Waals surface area contributed by atoms with Crippen LogP contribution in [0, 0.1) is 5.92 Å². The molecule has 2 saturated heterocycles. The fourth-order valence-electron chi connectivity index (χ4n) is 3.53. The predicted octanol–water partition coefficient (Wildman–Crippen LogP) is 2.03. The number of nitrogens with one attached hydrogen (secondary N) is 2. The van der Waals surface area contributed by atoms with E-state index in [1.165, 1.54) is 12.0 Å². The number of carbonyl (C=O) groups excluding carboxylic acids is 1. The van der Waals surface area contributed by atoms with Crippen molar-refractivity contribution in [3.63, 3.8) is 0 Å². The highest BCUT2D eigenvalue weighted by atomic mass is 16.5. The van der Waals surface area contributed by atoms with Crippen LogP contribution in [0.5, 0.6) is 0 Å². The fourth-order valence-corrected chi connectivity index (χ4v) is 3.53. The molecule has 0 bridgehead atoms. The average Bonchev–Trinajstić information content (AvgIpc) is 3.29. The maximum atomic E-state index is 11.9. The summed E-state index contributed by atoms with van der Waals surface area (Å²) in [6, 6.07) is 10.6. The third kappa shape index (κ3) is 5.49. The topological polar surface area (TPSA) is 53.6 Å². The normalized spacial score (nSPS) is 24.2. The van der Waals surface area contributed by atoms with E-state index in [4.69, 9.17) is 4.74 Å². The molecule has 2 aliphatic heterocycles. The molecule has 1 aromatic rings. The van der Waals surface area contributed by atoms with Crippen LogP contribution in [0.1, 0.15) is 24.8 Å². The average molecular weight is 331 g/mol. The third-order valence-electron chi connectivity index (χ3n) is 5.00. The molecule has 2 heterocycles. The lowest BCUT2D eigenvalue weighted by molar-refractivity contribution is 0.111. The second-order valence-electron chi connectivity index (χ2n) is 6.92. The number of hydrogen-bond acceptors (Lipinski definition) is 3. The molecule has 2 fully saturated rings. The lowest BCUT2D eigenvalue weighted by Gasteiger charge is -2.17. The molecule has 0 aliphatic carbocycles. The van der Waals surface area contributed by atoms with Gasteiger partial charge in [-0.1, -0.05) is 30.3 Å². The molecule has 2 amide bonds. The molecule has 2 aliphatic rings. The van der Waals surface area contributed by atoms with E-state index in [0.717, 1.165) is 52.0 Å². The molecule has 0 aromatic heterocycles. The summed E-state index contributed by atoms with van der Waals surface area (Å²) in [4.78, 5) is 14.4. The number of benzene rings is 1. The summed E-state index contributed by atoms with van der Waals surface area (Å²) in [5.41, 5.74) is 1.40. The minimum absolute atomic E-state index is 0.0618. The molecular formula is C19H29N3O2. The van der Waals surface area contributed by atoms with Crippen molar-refractivity contribution < 1.29 is 9.53 Å². The van der Waals surface area contributed by atoms with Crippen molar-refractivity contribution in [1.82, 2.24) is 15.5 Å². The Morgan fingerprint density at radius 1 is 1.17 bits per heavy atom. The lowest BCUT2D eigenvalue weighted by Crippen LogP contribution is -2.41. The third-order valence-corrected chi connectivity index (χ3v) is 5.00. The molecule has 2 N–H and O–H groups in total. The minimum atomic E-state index is -0.0618. The maximum Gasteiger partial charge on any atom is 0.314 e. The Morgan fingerprint density at radius 2 is 2.00 bits per heavy atom. The Balaban J connectivity index is 1.27. The highest BCUT2D eigenvalue weighted by Crippen LogP contribution is 2.16. The van der Waals surface area contributed by atoms with E-state index in [1.807, 2.05) is 0 Å². The highest BCUT2D eigenvalue weighted by molar-refractivity contribution is 5.73. The molecule has 24 heavy (non-hydrogen) atoms. The van der Waals surface area contributed by atoms with Crippen molar-refractivity contribution in [3.8, 4) is 0 Å². The largest absolute Gasteiger partial charge is 0.376 e. The summed E-state index contributed by atoms with van der Waals surface area (Å²) < 4.78 is 5.51. The Labute approximate surface area is 144 Å². The van der Waals surface area contributed by atoms with Crippen molar-refractivity contribution in [2.24, 2.45) is 5.92 Å². The van der Waals surface area contributed by atoms with Gasteiger partial charge in [-0.15, -0.1) is 0 Å². The standard InChI is InChI=1S/C19H29N3O2/c23-19(21-14-18-7-4-12-24-18)20-13-17-9-11-22(15-17)10-8-16-5-2-1-3-6-16/h1-3,5-6,17-18H,4,7-15H2,(H2,20,21,23). The molecule has 0 saturated carbocycles. The van der Waals surface area contributed by atoms with Crippen molar-refractivity contribution in [1.29, 1.82) is 0 Å². The molecule has 2 atom stereocenters. The summed E-state index contributed by atoms with van der Waals surface area (Å²) >= 11 is 0. The van der Waals surface area contributed by atoms with Gasteiger partial charge in [-0.2, -0.15) is 0 Å². The van der Waals surface area contributed by atoms with Gasteiger partial charge >= 0.3 is 6.03 Å². The van der Waals surface area contributed by atoms with Crippen LogP contribution in [-0.2, 0) is 11.2 Å². The number of hydrogen-bond donors (Lipinski definition) is 2. The Morgan fingerprint density at radius 3 is 2.79 bits per heavy atom. The molecule has 2 unspecified atom stereocenters. The van der Waals surface area contributed by atoms with Crippen molar-refractivity contribution in [2.45, 2.75) is 31.8 Å². The number of rotatable bonds is 7. The van der Waals surface area contributed by atoms with Crippen molar-refractivity contribution in [3.05, 3.63) is 35.9 Å². The van der Waals surface area contributed by atoms with Gasteiger partial charge in [-0.05, 0) is 43.7 Å². The second-order valence-corrected chi connectivity index (χ2v) is 6.92. The van der Waals surface area contributed by atoms with Crippen LogP contribution in [-0.4, -0.2) is 56.4 Å². The fraction of sp³-hybridized carbons (Fsp3) is 0.632. The highest BCUT2D eigenvalue weighted by Gasteiger charge is 2.22. The number of urea groups is 1. The van der Waals surface area contributed by atoms with Crippen molar-refractivity contribution >= 4 is 6.03 Å². The van der Waals surface area contributed by atoms with E-state index in [2.05, 4.69) is 45.9 Å². The van der Waals surface area contributed by atoms with Crippen LogP contribution in [0.4, 0.5) is 4.79 Å². The lowest BCUT2D eigenvalue weighted by atomic mass is 10.1. The Hall–Kier alpha value is -1.59. The zero-order valence-corrected chi connectivity index (χ0v) is 14.4. The minimum Gasteiger partial charge on any atom is -0.376 e. The molecular weight excluding hydrogens is 302 g/mol. The second kappa shape index (κ2) is 9.04. The zero-order valence-electron chi connectivity index (χ0n) is 14.4. The monoisotopic (exact) mass is 331 g/mol. The van der Waals surface area contributed by atoms with Crippen LogP contribution in [0.3, 0.4) is 0 Å². The van der Waals surface area contributed by atoms with E-state index in [-0.39, 0.29) is 12.1 Å². The molecule has 1 aromatic carbocycles. The SMILES string of the molecule is O=C(NCC1CCN(CCc2ccccc2)C1)NCC1CCCO1. The number of nitrogens with zero attached hydrogens (tertiary/aromatic N) is 1. The number of amides is 2. The number of carbonyl (C=O) groups is 1. The smallest absolute Gasteiger partial charge is 0.314 e. The Kier molecular flexibility index (Phi) is 6.49. The van der Waals surface area contributed by atoms with E-state index >= 15 is 0 Å². The first-order chi connectivity index (χ1) is 11.8. The zero-order chi connectivity index (χ0) is 16.6. The first kappa shape index (κ1) is 17.2. The quantitative estimate of drug-likeness (QED) is 0.804. The van der Waals surface area contributed by atoms with E-state index in [1.54, 1.807) is 0 Å². The van der Waals surface area contributed by atoms with Crippen molar-refractivity contribution in [2.75, 3.05) is 39.3 Å². The van der Waals surface area contributed by atoms with Gasteiger partial charge in [-0.25, -0.2) is 4.79 Å². The molecule has 0 spiro atoms. The Bertz CT molecular complexity index is 503. The van der Waals surface area contributed by atoms with Crippen LogP contribution in [0.15, 0.2) is 30.3 Å². The van der Waals surface area contributed by atoms with Crippen LogP contribution in [0.2, 0.25) is 0 Å². The summed E-state index contributed by atoms with van der Waals surface area (Å²) in [6.07, 6.45) is 4.63. The number of ether oxygens (including phenoxy) is 1.